The lowest BCUT2D eigenvalue weighted by molar-refractivity contribution is -0.147. The van der Waals surface area contributed by atoms with Gasteiger partial charge < -0.3 is 9.84 Å². The number of carboxylic acid groups (broad SMARTS) is 1. The third-order valence-electron chi connectivity index (χ3n) is 1.56. The summed E-state index contributed by atoms with van der Waals surface area (Å²) in [6.45, 7) is 3.32. The largest absolute Gasteiger partial charge is 0.482 e. The van der Waals surface area contributed by atoms with Crippen molar-refractivity contribution in [3.63, 3.8) is 0 Å². The average Bonchev–Trinajstić information content (AvgIpc) is 2.15. The smallest absolute Gasteiger partial charge is 0.349 e. The highest BCUT2D eigenvalue weighted by atomic mass is 16.5. The van der Waals surface area contributed by atoms with Crippen molar-refractivity contribution in [2.24, 2.45) is 0 Å². The number of carbonyl (C=O) groups is 1. The molecular formula is C10H10O3. The highest BCUT2D eigenvalue weighted by molar-refractivity contribution is 5.74. The third-order valence-corrected chi connectivity index (χ3v) is 1.56. The van der Waals surface area contributed by atoms with Crippen LogP contribution in [-0.2, 0) is 9.53 Å². The van der Waals surface area contributed by atoms with E-state index in [4.69, 9.17) is 9.84 Å². The first-order valence-corrected chi connectivity index (χ1v) is 3.80. The predicted molar refractivity (Wildman–Crippen MR) is 48.1 cm³/mol. The molecule has 3 nitrogen and oxygen atoms in total. The zero-order valence-electron chi connectivity index (χ0n) is 7.01. The summed E-state index contributed by atoms with van der Waals surface area (Å²) >= 11 is 0. The molecule has 0 aliphatic rings. The Morgan fingerprint density at radius 3 is 2.54 bits per heavy atom. The zero-order chi connectivity index (χ0) is 9.68. The molecular weight excluding hydrogens is 168 g/mol. The third kappa shape index (κ3) is 2.33. The van der Waals surface area contributed by atoms with Crippen LogP contribution in [0.5, 0.6) is 0 Å². The first-order chi connectivity index (χ1) is 6.25. The maximum atomic E-state index is 10.7. The van der Waals surface area contributed by atoms with E-state index in [2.05, 4.69) is 6.58 Å². The quantitative estimate of drug-likeness (QED) is 0.717. The van der Waals surface area contributed by atoms with Crippen molar-refractivity contribution < 1.29 is 14.6 Å². The molecule has 1 N–H and O–H groups in total. The summed E-state index contributed by atoms with van der Waals surface area (Å²) in [7, 11) is 0. The molecule has 0 saturated heterocycles. The SMILES string of the molecule is C=COC(C(=O)O)c1ccccc1. The van der Waals surface area contributed by atoms with Crippen LogP contribution >= 0.6 is 0 Å². The number of ether oxygens (including phenoxy) is 1. The van der Waals surface area contributed by atoms with Crippen LogP contribution in [0.15, 0.2) is 43.2 Å². The highest BCUT2D eigenvalue weighted by Gasteiger charge is 2.19. The van der Waals surface area contributed by atoms with E-state index in [1.165, 1.54) is 0 Å². The second kappa shape index (κ2) is 4.30. The summed E-state index contributed by atoms with van der Waals surface area (Å²) in [5, 5.41) is 8.79. The molecule has 0 aliphatic heterocycles. The van der Waals surface area contributed by atoms with E-state index in [1.54, 1.807) is 24.3 Å². The van der Waals surface area contributed by atoms with E-state index < -0.39 is 12.1 Å². The van der Waals surface area contributed by atoms with Gasteiger partial charge in [-0.1, -0.05) is 36.9 Å². The van der Waals surface area contributed by atoms with Crippen LogP contribution in [0.1, 0.15) is 11.7 Å². The summed E-state index contributed by atoms with van der Waals surface area (Å²) in [5.74, 6) is -1.02. The first-order valence-electron chi connectivity index (χ1n) is 3.80. The van der Waals surface area contributed by atoms with Gasteiger partial charge >= 0.3 is 5.97 Å². The van der Waals surface area contributed by atoms with Gasteiger partial charge in [0.2, 0.25) is 6.10 Å². The molecule has 1 aromatic rings. The van der Waals surface area contributed by atoms with Gasteiger partial charge in [-0.15, -0.1) is 0 Å². The van der Waals surface area contributed by atoms with E-state index >= 15 is 0 Å². The number of benzene rings is 1. The lowest BCUT2D eigenvalue weighted by Gasteiger charge is -2.11. The van der Waals surface area contributed by atoms with Crippen LogP contribution in [-0.4, -0.2) is 11.1 Å². The Kier molecular flexibility index (Phi) is 3.09. The molecule has 0 spiro atoms. The van der Waals surface area contributed by atoms with Gasteiger partial charge in [0, 0.05) is 5.56 Å². The number of hydrogen-bond acceptors (Lipinski definition) is 2. The summed E-state index contributed by atoms with van der Waals surface area (Å²) in [4.78, 5) is 10.7. The van der Waals surface area contributed by atoms with Gasteiger partial charge in [0.1, 0.15) is 0 Å². The van der Waals surface area contributed by atoms with Crippen LogP contribution in [0.3, 0.4) is 0 Å². The zero-order valence-corrected chi connectivity index (χ0v) is 7.01. The van der Waals surface area contributed by atoms with Crippen molar-refractivity contribution in [1.82, 2.24) is 0 Å². The van der Waals surface area contributed by atoms with Gasteiger partial charge in [-0.3, -0.25) is 0 Å². The molecule has 0 bridgehead atoms. The van der Waals surface area contributed by atoms with Crippen LogP contribution in [0.2, 0.25) is 0 Å². The fourth-order valence-electron chi connectivity index (χ4n) is 1.00. The van der Waals surface area contributed by atoms with Gasteiger partial charge in [-0.05, 0) is 0 Å². The maximum absolute atomic E-state index is 10.7. The first kappa shape index (κ1) is 9.32. The van der Waals surface area contributed by atoms with Crippen molar-refractivity contribution in [1.29, 1.82) is 0 Å². The van der Waals surface area contributed by atoms with Gasteiger partial charge in [0.15, 0.2) is 0 Å². The molecule has 0 radical (unpaired) electrons. The molecule has 1 atom stereocenters. The molecule has 13 heavy (non-hydrogen) atoms. The van der Waals surface area contributed by atoms with Crippen molar-refractivity contribution in [3.8, 4) is 0 Å². The number of rotatable bonds is 4. The van der Waals surface area contributed by atoms with E-state index in [-0.39, 0.29) is 0 Å². The predicted octanol–water partition coefficient (Wildman–Crippen LogP) is 1.97. The fourth-order valence-corrected chi connectivity index (χ4v) is 1.00. The summed E-state index contributed by atoms with van der Waals surface area (Å²) in [6, 6.07) is 8.73. The Morgan fingerprint density at radius 2 is 2.08 bits per heavy atom. The molecule has 3 heteroatoms. The Hall–Kier alpha value is -1.77. The minimum Gasteiger partial charge on any atom is -0.482 e. The van der Waals surface area contributed by atoms with Crippen molar-refractivity contribution in [2.45, 2.75) is 6.10 Å². The van der Waals surface area contributed by atoms with Gasteiger partial charge in [0.05, 0.1) is 6.26 Å². The van der Waals surface area contributed by atoms with E-state index in [0.29, 0.717) is 5.56 Å². The minimum absolute atomic E-state index is 0.606. The maximum Gasteiger partial charge on any atom is 0.349 e. The van der Waals surface area contributed by atoms with Gasteiger partial charge in [-0.2, -0.15) is 0 Å². The Morgan fingerprint density at radius 1 is 1.46 bits per heavy atom. The number of hydrogen-bond donors (Lipinski definition) is 1. The summed E-state index contributed by atoms with van der Waals surface area (Å²) in [6.07, 6.45) is 0.171. The van der Waals surface area contributed by atoms with E-state index in [9.17, 15) is 4.79 Å². The minimum atomic E-state index is -1.02. The lowest BCUT2D eigenvalue weighted by atomic mass is 10.1. The van der Waals surface area contributed by atoms with Crippen LogP contribution in [0.25, 0.3) is 0 Å². The molecule has 0 amide bonds. The highest BCUT2D eigenvalue weighted by Crippen LogP contribution is 2.16. The molecule has 0 aromatic heterocycles. The number of carboxylic acids is 1. The van der Waals surface area contributed by atoms with Crippen LogP contribution in [0.4, 0.5) is 0 Å². The molecule has 0 heterocycles. The average molecular weight is 178 g/mol. The topological polar surface area (TPSA) is 46.5 Å². The standard InChI is InChI=1S/C10H10O3/c1-2-13-9(10(11)12)8-6-4-3-5-7-8/h2-7,9H,1H2,(H,11,12). The van der Waals surface area contributed by atoms with E-state index in [1.807, 2.05) is 6.07 Å². The van der Waals surface area contributed by atoms with Gasteiger partial charge in [0.25, 0.3) is 0 Å². The molecule has 1 aromatic carbocycles. The molecule has 68 valence electrons. The fraction of sp³-hybridized carbons (Fsp3) is 0.100. The lowest BCUT2D eigenvalue weighted by Crippen LogP contribution is -2.12. The molecule has 1 rings (SSSR count). The summed E-state index contributed by atoms with van der Waals surface area (Å²) < 4.78 is 4.85. The van der Waals surface area contributed by atoms with E-state index in [0.717, 1.165) is 6.26 Å². The molecule has 0 aliphatic carbocycles. The van der Waals surface area contributed by atoms with Crippen LogP contribution in [0, 0.1) is 0 Å². The second-order valence-electron chi connectivity index (χ2n) is 2.43. The molecule has 1 unspecified atom stereocenters. The Balaban J connectivity index is 2.88. The van der Waals surface area contributed by atoms with Crippen molar-refractivity contribution in [2.75, 3.05) is 0 Å². The Bertz CT molecular complexity index is 292. The van der Waals surface area contributed by atoms with Crippen LogP contribution < -0.4 is 0 Å². The van der Waals surface area contributed by atoms with Crippen molar-refractivity contribution >= 4 is 5.97 Å². The molecule has 0 saturated carbocycles. The Labute approximate surface area is 76.3 Å². The molecule has 0 fully saturated rings. The van der Waals surface area contributed by atoms with Crippen molar-refractivity contribution in [3.05, 3.63) is 48.7 Å². The summed E-state index contributed by atoms with van der Waals surface area (Å²) in [5.41, 5.74) is 0.606. The van der Waals surface area contributed by atoms with Gasteiger partial charge in [-0.25, -0.2) is 4.79 Å². The normalized spacial score (nSPS) is 11.7. The number of aliphatic carboxylic acids is 1. The monoisotopic (exact) mass is 178 g/mol. The second-order valence-corrected chi connectivity index (χ2v) is 2.43.